The van der Waals surface area contributed by atoms with Crippen molar-refractivity contribution in [3.8, 4) is 0 Å². The normalized spacial score (nSPS) is 27.7. The van der Waals surface area contributed by atoms with Crippen LogP contribution in [0.4, 0.5) is 0 Å². The van der Waals surface area contributed by atoms with Gasteiger partial charge in [-0.15, -0.1) is 0 Å². The lowest BCUT2D eigenvalue weighted by molar-refractivity contribution is -0.139. The molecule has 3 aliphatic heterocycles. The van der Waals surface area contributed by atoms with E-state index in [1.54, 1.807) is 18.7 Å². The van der Waals surface area contributed by atoms with Crippen molar-refractivity contribution in [3.05, 3.63) is 11.9 Å². The maximum atomic E-state index is 13.1. The van der Waals surface area contributed by atoms with Gasteiger partial charge in [-0.3, -0.25) is 14.4 Å². The Morgan fingerprint density at radius 3 is 2.63 bits per heavy atom. The number of aryl methyl sites for hydroxylation is 1. The van der Waals surface area contributed by atoms with E-state index in [2.05, 4.69) is 10.00 Å². The molecule has 0 saturated carbocycles. The van der Waals surface area contributed by atoms with Gasteiger partial charge in [-0.2, -0.15) is 9.40 Å². The maximum Gasteiger partial charge on any atom is 0.246 e. The first-order chi connectivity index (χ1) is 12.9. The molecular weight excluding hydrogens is 366 g/mol. The molecule has 0 N–H and O–H groups in total. The Kier molecular flexibility index (Phi) is 5.02. The molecule has 3 fully saturated rings. The number of piperazine rings is 1. The Labute approximate surface area is 161 Å². The topological polar surface area (TPSA) is 78.8 Å². The highest BCUT2D eigenvalue weighted by Crippen LogP contribution is 2.28. The predicted octanol–water partition coefficient (Wildman–Crippen LogP) is 0.436. The molecule has 4 rings (SSSR count). The molecule has 27 heavy (non-hydrogen) atoms. The quantitative estimate of drug-likeness (QED) is 0.742. The second-order valence-electron chi connectivity index (χ2n) is 8.04. The molecule has 0 radical (unpaired) electrons. The number of amides is 1. The minimum Gasteiger partial charge on any atom is -0.340 e. The van der Waals surface area contributed by atoms with Crippen LogP contribution >= 0.6 is 0 Å². The number of fused-ring (bicyclic) bond motifs is 1. The summed E-state index contributed by atoms with van der Waals surface area (Å²) in [6.45, 7) is 6.15. The molecule has 4 heterocycles. The number of rotatable bonds is 3. The number of aromatic nitrogens is 2. The molecule has 3 saturated heterocycles. The number of carbonyl (C=O) groups excluding carboxylic acids is 1. The zero-order valence-corrected chi connectivity index (χ0v) is 17.0. The number of hydrogen-bond acceptors (Lipinski definition) is 5. The average Bonchev–Trinajstić information content (AvgIpc) is 3.27. The van der Waals surface area contributed by atoms with E-state index in [4.69, 9.17) is 0 Å². The summed E-state index contributed by atoms with van der Waals surface area (Å²) in [5.41, 5.74) is 0.626. The zero-order valence-electron chi connectivity index (χ0n) is 16.2. The second kappa shape index (κ2) is 7.18. The molecule has 0 bridgehead atoms. The first kappa shape index (κ1) is 18.9. The van der Waals surface area contributed by atoms with E-state index in [0.29, 0.717) is 18.3 Å². The monoisotopic (exact) mass is 395 g/mol. The minimum absolute atomic E-state index is 0.129. The van der Waals surface area contributed by atoms with Gasteiger partial charge in [0.25, 0.3) is 0 Å². The molecule has 9 heteroatoms. The molecule has 150 valence electrons. The van der Waals surface area contributed by atoms with E-state index in [0.717, 1.165) is 45.4 Å². The van der Waals surface area contributed by atoms with Gasteiger partial charge >= 0.3 is 0 Å². The van der Waals surface area contributed by atoms with Crippen LogP contribution in [-0.2, 0) is 21.9 Å². The standard InChI is InChI=1S/C18H29N5O3S/c1-14-17(11-19-20(14)2)27(25,26)23-8-3-5-15(12-23)18(24)22-10-9-21-7-4-6-16(21)13-22/h11,15-16H,3-10,12-13H2,1-2H3. The third kappa shape index (κ3) is 3.40. The molecule has 2 atom stereocenters. The van der Waals surface area contributed by atoms with Crippen LogP contribution < -0.4 is 0 Å². The van der Waals surface area contributed by atoms with E-state index >= 15 is 0 Å². The van der Waals surface area contributed by atoms with Gasteiger partial charge in [0, 0.05) is 45.8 Å². The lowest BCUT2D eigenvalue weighted by atomic mass is 9.97. The van der Waals surface area contributed by atoms with Crippen LogP contribution in [0.5, 0.6) is 0 Å². The molecule has 0 spiro atoms. The van der Waals surface area contributed by atoms with Gasteiger partial charge < -0.3 is 4.90 Å². The van der Waals surface area contributed by atoms with Crippen LogP contribution in [0.3, 0.4) is 0 Å². The van der Waals surface area contributed by atoms with Crippen molar-refractivity contribution in [2.24, 2.45) is 13.0 Å². The average molecular weight is 396 g/mol. The van der Waals surface area contributed by atoms with Crippen LogP contribution in [0, 0.1) is 12.8 Å². The molecule has 1 amide bonds. The fourth-order valence-electron chi connectivity index (χ4n) is 4.68. The Morgan fingerprint density at radius 1 is 1.11 bits per heavy atom. The molecule has 3 aliphatic rings. The van der Waals surface area contributed by atoms with Crippen molar-refractivity contribution in [2.45, 2.75) is 43.5 Å². The molecular formula is C18H29N5O3S. The summed E-state index contributed by atoms with van der Waals surface area (Å²) in [6.07, 6.45) is 5.28. The lowest BCUT2D eigenvalue weighted by Gasteiger charge is -2.40. The van der Waals surface area contributed by atoms with E-state index in [-0.39, 0.29) is 23.3 Å². The van der Waals surface area contributed by atoms with E-state index in [1.807, 2.05) is 4.90 Å². The molecule has 1 aromatic heterocycles. The van der Waals surface area contributed by atoms with Crippen molar-refractivity contribution >= 4 is 15.9 Å². The van der Waals surface area contributed by atoms with Gasteiger partial charge in [0.15, 0.2) is 0 Å². The highest BCUT2D eigenvalue weighted by atomic mass is 32.2. The largest absolute Gasteiger partial charge is 0.340 e. The second-order valence-corrected chi connectivity index (χ2v) is 9.94. The van der Waals surface area contributed by atoms with Crippen molar-refractivity contribution in [1.29, 1.82) is 0 Å². The van der Waals surface area contributed by atoms with Crippen molar-refractivity contribution in [3.63, 3.8) is 0 Å². The highest BCUT2D eigenvalue weighted by molar-refractivity contribution is 7.89. The molecule has 0 aromatic carbocycles. The summed E-state index contributed by atoms with van der Waals surface area (Å²) in [4.78, 5) is 17.8. The van der Waals surface area contributed by atoms with Crippen LogP contribution in [-0.4, -0.2) is 83.5 Å². The Morgan fingerprint density at radius 2 is 1.89 bits per heavy atom. The Bertz CT molecular complexity index is 821. The third-order valence-electron chi connectivity index (χ3n) is 6.44. The van der Waals surface area contributed by atoms with Gasteiger partial charge in [0.1, 0.15) is 4.90 Å². The third-order valence-corrected chi connectivity index (χ3v) is 8.41. The van der Waals surface area contributed by atoms with Crippen LogP contribution in [0.15, 0.2) is 11.1 Å². The number of carbonyl (C=O) groups is 1. The summed E-state index contributed by atoms with van der Waals surface area (Å²) in [7, 11) is -1.88. The maximum absolute atomic E-state index is 13.1. The van der Waals surface area contributed by atoms with Gasteiger partial charge in [0.05, 0.1) is 17.8 Å². The number of nitrogens with zero attached hydrogens (tertiary/aromatic N) is 5. The SMILES string of the molecule is Cc1c(S(=O)(=O)N2CCCC(C(=O)N3CCN4CCCC4C3)C2)cnn1C. The number of piperidine rings is 1. The first-order valence-electron chi connectivity index (χ1n) is 9.89. The minimum atomic E-state index is -3.61. The van der Waals surface area contributed by atoms with E-state index in [1.165, 1.54) is 16.9 Å². The Balaban J connectivity index is 1.46. The zero-order chi connectivity index (χ0) is 19.2. The van der Waals surface area contributed by atoms with Gasteiger partial charge in [-0.25, -0.2) is 8.42 Å². The molecule has 2 unspecified atom stereocenters. The van der Waals surface area contributed by atoms with Crippen LogP contribution in [0.25, 0.3) is 0 Å². The van der Waals surface area contributed by atoms with Crippen molar-refractivity contribution in [2.75, 3.05) is 39.3 Å². The lowest BCUT2D eigenvalue weighted by Crippen LogP contribution is -2.55. The van der Waals surface area contributed by atoms with Gasteiger partial charge in [0.2, 0.25) is 15.9 Å². The number of hydrogen-bond donors (Lipinski definition) is 0. The summed E-state index contributed by atoms with van der Waals surface area (Å²) in [6, 6.07) is 0.490. The smallest absolute Gasteiger partial charge is 0.246 e. The van der Waals surface area contributed by atoms with Crippen LogP contribution in [0.1, 0.15) is 31.4 Å². The van der Waals surface area contributed by atoms with Crippen molar-refractivity contribution in [1.82, 2.24) is 23.9 Å². The fraction of sp³-hybridized carbons (Fsp3) is 0.778. The van der Waals surface area contributed by atoms with Gasteiger partial charge in [-0.1, -0.05) is 0 Å². The van der Waals surface area contributed by atoms with Gasteiger partial charge in [-0.05, 0) is 39.2 Å². The van der Waals surface area contributed by atoms with E-state index < -0.39 is 10.0 Å². The predicted molar refractivity (Wildman–Crippen MR) is 101 cm³/mol. The summed E-state index contributed by atoms with van der Waals surface area (Å²) >= 11 is 0. The first-order valence-corrected chi connectivity index (χ1v) is 11.3. The summed E-state index contributed by atoms with van der Waals surface area (Å²) in [5, 5.41) is 4.07. The molecule has 0 aliphatic carbocycles. The van der Waals surface area contributed by atoms with Crippen molar-refractivity contribution < 1.29 is 13.2 Å². The van der Waals surface area contributed by atoms with E-state index in [9.17, 15) is 13.2 Å². The number of sulfonamides is 1. The summed E-state index contributed by atoms with van der Waals surface area (Å²) in [5.74, 6) is -0.109. The Hall–Kier alpha value is -1.45. The highest BCUT2D eigenvalue weighted by Gasteiger charge is 2.39. The molecule has 1 aromatic rings. The summed E-state index contributed by atoms with van der Waals surface area (Å²) < 4.78 is 29.2. The van der Waals surface area contributed by atoms with Crippen LogP contribution in [0.2, 0.25) is 0 Å². The molecule has 8 nitrogen and oxygen atoms in total. The fourth-order valence-corrected chi connectivity index (χ4v) is 6.39.